The summed E-state index contributed by atoms with van der Waals surface area (Å²) in [5.74, 6) is 0.833. The Hall–Kier alpha value is 0. The second kappa shape index (κ2) is 12.0. The topological polar surface area (TPSA) is 0 Å². The minimum atomic E-state index is 0.500. The van der Waals surface area contributed by atoms with E-state index < -0.39 is 0 Å². The van der Waals surface area contributed by atoms with Crippen molar-refractivity contribution in [2.45, 2.75) is 75.2 Å². The molecular formula is C13H32. The van der Waals surface area contributed by atoms with Crippen LogP contribution in [0.1, 0.15) is 75.2 Å². The van der Waals surface area contributed by atoms with Crippen molar-refractivity contribution in [2.24, 2.45) is 11.3 Å². The van der Waals surface area contributed by atoms with Crippen LogP contribution in [0.2, 0.25) is 0 Å². The van der Waals surface area contributed by atoms with Gasteiger partial charge in [0.1, 0.15) is 0 Å². The van der Waals surface area contributed by atoms with Gasteiger partial charge in [0, 0.05) is 0 Å². The van der Waals surface area contributed by atoms with Crippen molar-refractivity contribution >= 4 is 0 Å². The third-order valence-corrected chi connectivity index (χ3v) is 0.500. The monoisotopic (exact) mass is 188 g/mol. The summed E-state index contributed by atoms with van der Waals surface area (Å²) in [7, 11) is 0. The van der Waals surface area contributed by atoms with Crippen LogP contribution >= 0.6 is 0 Å². The molecule has 0 bridgehead atoms. The van der Waals surface area contributed by atoms with Gasteiger partial charge in [0.05, 0.1) is 0 Å². The average Bonchev–Trinajstić information content (AvgIpc) is 1.82. The molecule has 0 atom stereocenters. The first-order valence-electron chi connectivity index (χ1n) is 5.65. The highest BCUT2D eigenvalue weighted by molar-refractivity contribution is 4.47. The summed E-state index contributed by atoms with van der Waals surface area (Å²) in [4.78, 5) is 0. The molecule has 0 saturated heterocycles. The van der Waals surface area contributed by atoms with Crippen LogP contribution in [0.4, 0.5) is 0 Å². The highest BCUT2D eigenvalue weighted by Crippen LogP contribution is 2.08. The maximum Gasteiger partial charge on any atom is -0.0411 e. The Morgan fingerprint density at radius 1 is 0.769 bits per heavy atom. The Morgan fingerprint density at radius 3 is 0.846 bits per heavy atom. The van der Waals surface area contributed by atoms with E-state index in [4.69, 9.17) is 0 Å². The van der Waals surface area contributed by atoms with Gasteiger partial charge in [-0.15, -0.1) is 0 Å². The van der Waals surface area contributed by atoms with E-state index in [1.54, 1.807) is 0 Å². The average molecular weight is 188 g/mol. The molecular weight excluding hydrogens is 156 g/mol. The number of hydrogen-bond donors (Lipinski definition) is 0. The van der Waals surface area contributed by atoms with Crippen LogP contribution in [-0.2, 0) is 0 Å². The van der Waals surface area contributed by atoms with Gasteiger partial charge in [-0.25, -0.2) is 0 Å². The molecule has 0 N–H and O–H groups in total. The summed E-state index contributed by atoms with van der Waals surface area (Å²) < 4.78 is 0. The van der Waals surface area contributed by atoms with Crippen LogP contribution in [-0.4, -0.2) is 0 Å². The molecule has 0 aliphatic carbocycles. The molecule has 0 aromatic rings. The molecule has 0 aromatic heterocycles. The summed E-state index contributed by atoms with van der Waals surface area (Å²) >= 11 is 0. The smallest absolute Gasteiger partial charge is 0.0411 e. The van der Waals surface area contributed by atoms with Gasteiger partial charge >= 0.3 is 0 Å². The van der Waals surface area contributed by atoms with E-state index in [-0.39, 0.29) is 0 Å². The molecule has 0 fully saturated rings. The highest BCUT2D eigenvalue weighted by atomic mass is 14.0. The van der Waals surface area contributed by atoms with E-state index in [9.17, 15) is 0 Å². The molecule has 0 aliphatic rings. The lowest BCUT2D eigenvalue weighted by molar-refractivity contribution is 0.469. The first-order chi connectivity index (χ1) is 5.65. The maximum atomic E-state index is 2.19. The van der Waals surface area contributed by atoms with E-state index in [2.05, 4.69) is 62.3 Å². The molecule has 84 valence electrons. The molecule has 13 heavy (non-hydrogen) atoms. The predicted molar refractivity (Wildman–Crippen MR) is 66.2 cm³/mol. The number of rotatable bonds is 1. The molecule has 0 heterocycles. The molecule has 0 nitrogen and oxygen atoms in total. The normalized spacial score (nSPS) is 9.69. The molecule has 0 aromatic carbocycles. The molecule has 0 aliphatic heterocycles. The summed E-state index contributed by atoms with van der Waals surface area (Å²) in [6.07, 6.45) is 2.64. The lowest BCUT2D eigenvalue weighted by Crippen LogP contribution is -1.93. The molecule has 0 unspecified atom stereocenters. The van der Waals surface area contributed by atoms with Gasteiger partial charge in [0.2, 0.25) is 0 Å². The zero-order valence-corrected chi connectivity index (χ0v) is 11.5. The number of unbranched alkanes of at least 4 members (excludes halogenated alkanes) is 1. The number of hydrogen-bond acceptors (Lipinski definition) is 0. The molecule has 0 radical (unpaired) electrons. The minimum absolute atomic E-state index is 0.500. The third-order valence-electron chi connectivity index (χ3n) is 0.500. The fourth-order valence-corrected chi connectivity index (χ4v) is 0. The van der Waals surface area contributed by atoms with Crippen LogP contribution in [0.3, 0.4) is 0 Å². The summed E-state index contributed by atoms with van der Waals surface area (Å²) in [6.45, 7) is 19.6. The van der Waals surface area contributed by atoms with Gasteiger partial charge < -0.3 is 0 Å². The molecule has 0 spiro atoms. The zero-order valence-electron chi connectivity index (χ0n) is 11.5. The van der Waals surface area contributed by atoms with Gasteiger partial charge in [-0.05, 0) is 11.3 Å². The first kappa shape index (κ1) is 18.7. The van der Waals surface area contributed by atoms with Crippen molar-refractivity contribution in [1.29, 1.82) is 0 Å². The van der Waals surface area contributed by atoms with E-state index in [0.717, 1.165) is 5.92 Å². The lowest BCUT2D eigenvalue weighted by atomic mass is 10.0. The molecule has 0 saturated carbocycles. The first-order valence-corrected chi connectivity index (χ1v) is 5.65. The fourth-order valence-electron chi connectivity index (χ4n) is 0. The highest BCUT2D eigenvalue weighted by Gasteiger charge is 1.95. The molecule has 0 rings (SSSR count). The van der Waals surface area contributed by atoms with Crippen molar-refractivity contribution in [2.75, 3.05) is 0 Å². The second-order valence-corrected chi connectivity index (χ2v) is 5.73. The zero-order chi connectivity index (χ0) is 11.5. The van der Waals surface area contributed by atoms with E-state index in [1.165, 1.54) is 12.8 Å². The van der Waals surface area contributed by atoms with Gasteiger partial charge in [0.15, 0.2) is 0 Å². The second-order valence-electron chi connectivity index (χ2n) is 5.73. The fraction of sp³-hybridized carbons (Fsp3) is 1.00. The Morgan fingerprint density at radius 2 is 0.846 bits per heavy atom. The van der Waals surface area contributed by atoms with Crippen molar-refractivity contribution in [3.8, 4) is 0 Å². The van der Waals surface area contributed by atoms with Crippen LogP contribution in [0.25, 0.3) is 0 Å². The van der Waals surface area contributed by atoms with Gasteiger partial charge in [-0.2, -0.15) is 0 Å². The van der Waals surface area contributed by atoms with E-state index in [0.29, 0.717) is 5.41 Å². The minimum Gasteiger partial charge on any atom is -0.0654 e. The van der Waals surface area contributed by atoms with E-state index >= 15 is 0 Å². The summed E-state index contributed by atoms with van der Waals surface area (Å²) in [5, 5.41) is 0. The quantitative estimate of drug-likeness (QED) is 0.508. The van der Waals surface area contributed by atoms with Gasteiger partial charge in [-0.3, -0.25) is 0 Å². The van der Waals surface area contributed by atoms with Crippen LogP contribution < -0.4 is 0 Å². The third kappa shape index (κ3) is 1200. The van der Waals surface area contributed by atoms with Crippen molar-refractivity contribution in [3.63, 3.8) is 0 Å². The Labute approximate surface area is 87.1 Å². The Kier molecular flexibility index (Phi) is 17.3. The standard InChI is InChI=1S/C5H12.2C4H10/c1-5(2,3)4;1-4(2)3;1-3-4-2/h1-4H3;4H,1-3H3;3-4H2,1-2H3. The van der Waals surface area contributed by atoms with Crippen LogP contribution in [0.5, 0.6) is 0 Å². The van der Waals surface area contributed by atoms with Crippen LogP contribution in [0, 0.1) is 11.3 Å². The summed E-state index contributed by atoms with van der Waals surface area (Å²) in [6, 6.07) is 0. The molecule has 0 heteroatoms. The van der Waals surface area contributed by atoms with Gasteiger partial charge in [-0.1, -0.05) is 75.2 Å². The Balaban J connectivity index is -0.000000117. The van der Waals surface area contributed by atoms with Gasteiger partial charge in [0.25, 0.3) is 0 Å². The largest absolute Gasteiger partial charge is 0.0654 e. The maximum absolute atomic E-state index is 2.19. The van der Waals surface area contributed by atoms with Crippen molar-refractivity contribution in [1.82, 2.24) is 0 Å². The van der Waals surface area contributed by atoms with E-state index in [1.807, 2.05) is 0 Å². The predicted octanol–water partition coefficient (Wildman–Crippen LogP) is 5.52. The van der Waals surface area contributed by atoms with Crippen molar-refractivity contribution in [3.05, 3.63) is 0 Å². The Bertz CT molecular complexity index is 53.8. The lowest BCUT2D eigenvalue weighted by Gasteiger charge is -2.05. The SMILES string of the molecule is CC(C)(C)C.CC(C)C.CCCC. The summed E-state index contributed by atoms with van der Waals surface area (Å²) in [5.41, 5.74) is 0.500. The van der Waals surface area contributed by atoms with Crippen molar-refractivity contribution < 1.29 is 0 Å². The van der Waals surface area contributed by atoms with Crippen LogP contribution in [0.15, 0.2) is 0 Å². The molecule has 0 amide bonds.